The second kappa shape index (κ2) is 8.06. The molecule has 2 N–H and O–H groups in total. The van der Waals surface area contributed by atoms with Crippen molar-refractivity contribution in [2.45, 2.75) is 51.7 Å². The number of ether oxygens (including phenoxy) is 1. The summed E-state index contributed by atoms with van der Waals surface area (Å²) in [7, 11) is 1.88. The average molecular weight is 244 g/mol. The molecule has 0 radical (unpaired) electrons. The molecule has 0 rings (SSSR count). The summed E-state index contributed by atoms with van der Waals surface area (Å²) in [5.74, 6) is -0.367. The highest BCUT2D eigenvalue weighted by Crippen LogP contribution is 2.11. The second-order valence-corrected chi connectivity index (χ2v) is 4.97. The van der Waals surface area contributed by atoms with Gasteiger partial charge in [-0.1, -0.05) is 0 Å². The smallest absolute Gasteiger partial charge is 0.329 e. The normalized spacial score (nSPS) is 12.9. The van der Waals surface area contributed by atoms with Crippen LogP contribution in [0.3, 0.4) is 0 Å². The van der Waals surface area contributed by atoms with Gasteiger partial charge in [0.05, 0.1) is 0 Å². The van der Waals surface area contributed by atoms with Crippen LogP contribution in [0.15, 0.2) is 0 Å². The summed E-state index contributed by atoms with van der Waals surface area (Å²) in [4.78, 5) is 22.2. The van der Waals surface area contributed by atoms with Gasteiger partial charge in [-0.3, -0.25) is 4.79 Å². The van der Waals surface area contributed by atoms with E-state index >= 15 is 0 Å². The Morgan fingerprint density at radius 1 is 1.35 bits per heavy atom. The molecule has 0 saturated heterocycles. The number of carbonyl (C=O) groups excluding carboxylic acids is 2. The van der Waals surface area contributed by atoms with Gasteiger partial charge < -0.3 is 15.4 Å². The van der Waals surface area contributed by atoms with Crippen LogP contribution < -0.4 is 10.6 Å². The van der Waals surface area contributed by atoms with E-state index in [0.29, 0.717) is 12.8 Å². The molecule has 0 fully saturated rings. The van der Waals surface area contributed by atoms with Crippen molar-refractivity contribution in [3.63, 3.8) is 0 Å². The standard InChI is InChI=1S/C12H24N2O3/c1-12(2,3)17-11(16)10(14-9-15)7-5-6-8-13-4/h9-10,13H,5-8H2,1-4H3,(H,14,15). The molecule has 0 aromatic heterocycles. The van der Waals surface area contributed by atoms with Crippen LogP contribution in [0, 0.1) is 0 Å². The quantitative estimate of drug-likeness (QED) is 0.377. The van der Waals surface area contributed by atoms with E-state index in [1.54, 1.807) is 0 Å². The molecule has 0 heterocycles. The van der Waals surface area contributed by atoms with E-state index in [1.165, 1.54) is 0 Å². The van der Waals surface area contributed by atoms with Crippen molar-refractivity contribution in [1.82, 2.24) is 10.6 Å². The van der Waals surface area contributed by atoms with Crippen molar-refractivity contribution >= 4 is 12.4 Å². The molecule has 0 aromatic rings. The minimum atomic E-state index is -0.538. The van der Waals surface area contributed by atoms with Gasteiger partial charge in [0.25, 0.3) is 0 Å². The van der Waals surface area contributed by atoms with E-state index in [1.807, 2.05) is 27.8 Å². The van der Waals surface area contributed by atoms with Crippen LogP contribution in [-0.2, 0) is 14.3 Å². The Hall–Kier alpha value is -1.10. The van der Waals surface area contributed by atoms with Crippen molar-refractivity contribution < 1.29 is 14.3 Å². The van der Waals surface area contributed by atoms with Gasteiger partial charge in [-0.05, 0) is 53.6 Å². The fourth-order valence-corrected chi connectivity index (χ4v) is 1.37. The van der Waals surface area contributed by atoms with Crippen LogP contribution in [0.5, 0.6) is 0 Å². The van der Waals surface area contributed by atoms with Gasteiger partial charge in [0.2, 0.25) is 6.41 Å². The van der Waals surface area contributed by atoms with Crippen LogP contribution >= 0.6 is 0 Å². The van der Waals surface area contributed by atoms with Crippen molar-refractivity contribution in [1.29, 1.82) is 0 Å². The number of nitrogens with one attached hydrogen (secondary N) is 2. The summed E-state index contributed by atoms with van der Waals surface area (Å²) in [5, 5.41) is 5.54. The Kier molecular flexibility index (Phi) is 7.54. The number of carbonyl (C=O) groups is 2. The number of esters is 1. The van der Waals surface area contributed by atoms with Gasteiger partial charge in [0.1, 0.15) is 11.6 Å². The first-order valence-electron chi connectivity index (χ1n) is 5.98. The fraction of sp³-hybridized carbons (Fsp3) is 0.833. The van der Waals surface area contributed by atoms with Crippen molar-refractivity contribution in [2.24, 2.45) is 0 Å². The predicted octanol–water partition coefficient (Wildman–Crippen LogP) is 0.832. The first kappa shape index (κ1) is 15.9. The van der Waals surface area contributed by atoms with E-state index in [2.05, 4.69) is 10.6 Å². The Bertz CT molecular complexity index is 236. The molecule has 0 aliphatic rings. The lowest BCUT2D eigenvalue weighted by atomic mass is 10.1. The Morgan fingerprint density at radius 3 is 2.47 bits per heavy atom. The van der Waals surface area contributed by atoms with E-state index in [-0.39, 0.29) is 5.97 Å². The van der Waals surface area contributed by atoms with Crippen molar-refractivity contribution in [3.8, 4) is 0 Å². The maximum absolute atomic E-state index is 11.8. The molecule has 0 aliphatic heterocycles. The van der Waals surface area contributed by atoms with Gasteiger partial charge in [-0.15, -0.1) is 0 Å². The molecule has 0 aromatic carbocycles. The lowest BCUT2D eigenvalue weighted by Gasteiger charge is -2.23. The van der Waals surface area contributed by atoms with Crippen molar-refractivity contribution in [2.75, 3.05) is 13.6 Å². The number of hydrogen-bond acceptors (Lipinski definition) is 4. The van der Waals surface area contributed by atoms with Gasteiger partial charge in [-0.2, -0.15) is 0 Å². The van der Waals surface area contributed by atoms with E-state index in [4.69, 9.17) is 4.74 Å². The molecule has 0 spiro atoms. The van der Waals surface area contributed by atoms with Gasteiger partial charge >= 0.3 is 5.97 Å². The van der Waals surface area contributed by atoms with Crippen LogP contribution in [-0.4, -0.2) is 37.6 Å². The third kappa shape index (κ3) is 8.68. The zero-order valence-electron chi connectivity index (χ0n) is 11.2. The second-order valence-electron chi connectivity index (χ2n) is 4.97. The first-order valence-corrected chi connectivity index (χ1v) is 5.98. The summed E-state index contributed by atoms with van der Waals surface area (Å²) in [5.41, 5.74) is -0.523. The molecular weight excluding hydrogens is 220 g/mol. The number of hydrogen-bond donors (Lipinski definition) is 2. The number of amides is 1. The highest BCUT2D eigenvalue weighted by molar-refractivity contribution is 5.78. The maximum Gasteiger partial charge on any atom is 0.329 e. The molecule has 100 valence electrons. The number of rotatable bonds is 8. The minimum absolute atomic E-state index is 0.367. The average Bonchev–Trinajstić information content (AvgIpc) is 2.20. The van der Waals surface area contributed by atoms with Crippen LogP contribution in [0.4, 0.5) is 0 Å². The Labute approximate surface area is 103 Å². The van der Waals surface area contributed by atoms with Crippen LogP contribution in [0.25, 0.3) is 0 Å². The molecule has 0 bridgehead atoms. The summed E-state index contributed by atoms with van der Waals surface area (Å²) in [6, 6.07) is -0.538. The van der Waals surface area contributed by atoms with Crippen molar-refractivity contribution in [3.05, 3.63) is 0 Å². The van der Waals surface area contributed by atoms with Gasteiger partial charge in [0, 0.05) is 0 Å². The zero-order valence-corrected chi connectivity index (χ0v) is 11.2. The monoisotopic (exact) mass is 244 g/mol. The van der Waals surface area contributed by atoms with E-state index in [9.17, 15) is 9.59 Å². The highest BCUT2D eigenvalue weighted by atomic mass is 16.6. The molecule has 5 nitrogen and oxygen atoms in total. The Balaban J connectivity index is 4.12. The number of unbranched alkanes of at least 4 members (excludes halogenated alkanes) is 1. The largest absolute Gasteiger partial charge is 0.458 e. The third-order valence-corrected chi connectivity index (χ3v) is 2.13. The third-order valence-electron chi connectivity index (χ3n) is 2.13. The lowest BCUT2D eigenvalue weighted by molar-refractivity contribution is -0.158. The first-order chi connectivity index (χ1) is 7.90. The SMILES string of the molecule is CNCCCCC(NC=O)C(=O)OC(C)(C)C. The summed E-state index contributed by atoms with van der Waals surface area (Å²) >= 11 is 0. The molecule has 1 amide bonds. The van der Waals surface area contributed by atoms with Crippen LogP contribution in [0.2, 0.25) is 0 Å². The predicted molar refractivity (Wildman–Crippen MR) is 66.6 cm³/mol. The lowest BCUT2D eigenvalue weighted by Crippen LogP contribution is -2.40. The molecular formula is C12H24N2O3. The zero-order chi connectivity index (χ0) is 13.3. The molecule has 1 unspecified atom stereocenters. The molecule has 1 atom stereocenters. The molecule has 0 saturated carbocycles. The van der Waals surface area contributed by atoms with Crippen LogP contribution in [0.1, 0.15) is 40.0 Å². The maximum atomic E-state index is 11.8. The summed E-state index contributed by atoms with van der Waals surface area (Å²) in [6.07, 6.45) is 2.99. The Morgan fingerprint density at radius 2 is 2.00 bits per heavy atom. The summed E-state index contributed by atoms with van der Waals surface area (Å²) in [6.45, 7) is 6.33. The summed E-state index contributed by atoms with van der Waals surface area (Å²) < 4.78 is 5.23. The molecule has 5 heteroatoms. The highest BCUT2D eigenvalue weighted by Gasteiger charge is 2.24. The molecule has 17 heavy (non-hydrogen) atoms. The molecule has 0 aliphatic carbocycles. The fourth-order valence-electron chi connectivity index (χ4n) is 1.37. The topological polar surface area (TPSA) is 67.4 Å². The van der Waals surface area contributed by atoms with E-state index in [0.717, 1.165) is 19.4 Å². The van der Waals surface area contributed by atoms with E-state index < -0.39 is 11.6 Å². The van der Waals surface area contributed by atoms with Gasteiger partial charge in [0.15, 0.2) is 0 Å². The minimum Gasteiger partial charge on any atom is -0.458 e. The van der Waals surface area contributed by atoms with Gasteiger partial charge in [-0.25, -0.2) is 4.79 Å².